The SMILES string of the molecule is CC1(C)c2ccccc2-c2ccc(-c3c4c(cc5c3c3cc(N(c6ccccc6)c6ccc7c(c6)C(C)(C)c6ccccc6-7)ccc3n5-c3ccccc3)oc3ccccc34)cc21. The molecule has 0 radical (unpaired) electrons. The van der Waals surface area contributed by atoms with E-state index in [4.69, 9.17) is 4.42 Å². The van der Waals surface area contributed by atoms with Crippen LogP contribution >= 0.6 is 0 Å². The lowest BCUT2D eigenvalue weighted by molar-refractivity contribution is 0.660. The van der Waals surface area contributed by atoms with Gasteiger partial charge in [-0.2, -0.15) is 0 Å². The first-order valence-electron chi connectivity index (χ1n) is 22.1. The summed E-state index contributed by atoms with van der Waals surface area (Å²) in [6, 6.07) is 71.5. The lowest BCUT2D eigenvalue weighted by Gasteiger charge is -2.28. The van der Waals surface area contributed by atoms with Crippen molar-refractivity contribution < 1.29 is 4.42 Å². The predicted octanol–water partition coefficient (Wildman–Crippen LogP) is 16.4. The van der Waals surface area contributed by atoms with E-state index in [1.165, 1.54) is 66.4 Å². The van der Waals surface area contributed by atoms with Gasteiger partial charge in [0.05, 0.1) is 11.0 Å². The maximum Gasteiger partial charge on any atom is 0.138 e. The van der Waals surface area contributed by atoms with E-state index in [1.54, 1.807) is 0 Å². The van der Waals surface area contributed by atoms with Crippen LogP contribution in [0.3, 0.4) is 0 Å². The molecule has 2 heterocycles. The Morgan fingerprint density at radius 1 is 0.397 bits per heavy atom. The van der Waals surface area contributed by atoms with Crippen LogP contribution in [0.2, 0.25) is 0 Å². The molecule has 3 nitrogen and oxygen atoms in total. The van der Waals surface area contributed by atoms with E-state index in [2.05, 4.69) is 231 Å². The van der Waals surface area contributed by atoms with Gasteiger partial charge in [0.25, 0.3) is 0 Å². The van der Waals surface area contributed by atoms with E-state index >= 15 is 0 Å². The summed E-state index contributed by atoms with van der Waals surface area (Å²) in [7, 11) is 0. The quantitative estimate of drug-likeness (QED) is 0.173. The number of fused-ring (bicyclic) bond motifs is 12. The van der Waals surface area contributed by atoms with E-state index in [1.807, 2.05) is 0 Å². The number of benzene rings is 9. The topological polar surface area (TPSA) is 21.3 Å². The fourth-order valence-electron chi connectivity index (χ4n) is 11.4. The lowest BCUT2D eigenvalue weighted by atomic mass is 9.81. The molecule has 0 saturated carbocycles. The fraction of sp³-hybridized carbons (Fsp3) is 0.100. The van der Waals surface area contributed by atoms with Crippen molar-refractivity contribution in [3.05, 3.63) is 216 Å². The number of hydrogen-bond acceptors (Lipinski definition) is 2. The van der Waals surface area contributed by atoms with Crippen molar-refractivity contribution in [3.63, 3.8) is 0 Å². The van der Waals surface area contributed by atoms with Crippen molar-refractivity contribution >= 4 is 60.8 Å². The predicted molar refractivity (Wildman–Crippen MR) is 263 cm³/mol. The summed E-state index contributed by atoms with van der Waals surface area (Å²) in [5.41, 5.74) is 21.3. The largest absolute Gasteiger partial charge is 0.456 e. The Labute approximate surface area is 367 Å². The standard InChI is InChI=1S/C60H44N2O/c1-59(2)48-24-14-11-21-42(48)44-30-27-37(33-50(44)59)56-57-47-34-40(61(38-17-7-5-8-18-38)41-28-31-45-43-22-12-15-25-49(43)60(3,4)51(45)35-41)29-32-52(47)62(39-19-9-6-10-20-39)53(57)36-55-58(56)46-23-13-16-26-54(46)63-55/h5-36H,1-4H3. The number of aromatic nitrogens is 1. The van der Waals surface area contributed by atoms with Gasteiger partial charge in [-0.15, -0.1) is 0 Å². The van der Waals surface area contributed by atoms with Gasteiger partial charge in [-0.05, 0) is 117 Å². The van der Waals surface area contributed by atoms with Crippen LogP contribution in [0, 0.1) is 0 Å². The zero-order valence-corrected chi connectivity index (χ0v) is 35.8. The van der Waals surface area contributed by atoms with Crippen LogP contribution in [-0.4, -0.2) is 4.57 Å². The third kappa shape index (κ3) is 5.02. The molecule has 0 bridgehead atoms. The number of furan rings is 1. The summed E-state index contributed by atoms with van der Waals surface area (Å²) >= 11 is 0. The second kappa shape index (κ2) is 13.0. The summed E-state index contributed by atoms with van der Waals surface area (Å²) in [5, 5.41) is 4.66. The second-order valence-corrected chi connectivity index (χ2v) is 18.5. The Kier molecular flexibility index (Phi) is 7.42. The molecule has 0 fully saturated rings. The Morgan fingerprint density at radius 3 is 1.70 bits per heavy atom. The third-order valence-electron chi connectivity index (χ3n) is 14.4. The zero-order chi connectivity index (χ0) is 42.2. The van der Waals surface area contributed by atoms with Gasteiger partial charge in [0.1, 0.15) is 11.2 Å². The van der Waals surface area contributed by atoms with E-state index in [9.17, 15) is 0 Å². The first kappa shape index (κ1) is 36.1. The molecule has 0 unspecified atom stereocenters. The Hall–Kier alpha value is -7.62. The molecular formula is C60H44N2O. The Balaban J connectivity index is 1.13. The number of anilines is 3. The molecule has 0 atom stereocenters. The molecule has 9 aromatic carbocycles. The molecule has 63 heavy (non-hydrogen) atoms. The minimum absolute atomic E-state index is 0.128. The first-order chi connectivity index (χ1) is 30.8. The molecular weight excluding hydrogens is 765 g/mol. The summed E-state index contributed by atoms with van der Waals surface area (Å²) in [5.74, 6) is 0. The van der Waals surface area contributed by atoms with Gasteiger partial charge in [0.2, 0.25) is 0 Å². The highest BCUT2D eigenvalue weighted by Crippen LogP contribution is 2.54. The molecule has 11 aromatic rings. The first-order valence-corrected chi connectivity index (χ1v) is 22.1. The van der Waals surface area contributed by atoms with Crippen LogP contribution in [0.15, 0.2) is 199 Å². The maximum atomic E-state index is 6.83. The number of nitrogens with zero attached hydrogens (tertiary/aromatic N) is 2. The molecule has 2 aromatic heterocycles. The van der Waals surface area contributed by atoms with Gasteiger partial charge in [-0.25, -0.2) is 0 Å². The molecule has 2 aliphatic rings. The molecule has 2 aliphatic carbocycles. The highest BCUT2D eigenvalue weighted by molar-refractivity contribution is 6.27. The average Bonchev–Trinajstić information content (AvgIpc) is 3.99. The highest BCUT2D eigenvalue weighted by atomic mass is 16.3. The van der Waals surface area contributed by atoms with Crippen LogP contribution in [-0.2, 0) is 10.8 Å². The molecule has 0 aliphatic heterocycles. The summed E-state index contributed by atoms with van der Waals surface area (Å²) < 4.78 is 9.26. The van der Waals surface area contributed by atoms with Crippen molar-refractivity contribution in [2.45, 2.75) is 38.5 Å². The van der Waals surface area contributed by atoms with Crippen molar-refractivity contribution in [1.82, 2.24) is 4.57 Å². The van der Waals surface area contributed by atoms with Crippen LogP contribution in [0.5, 0.6) is 0 Å². The number of rotatable bonds is 5. The minimum atomic E-state index is -0.152. The van der Waals surface area contributed by atoms with Crippen molar-refractivity contribution in [1.29, 1.82) is 0 Å². The normalized spacial score (nSPS) is 14.3. The molecule has 300 valence electrons. The van der Waals surface area contributed by atoms with Crippen LogP contribution in [0.1, 0.15) is 49.9 Å². The summed E-state index contributed by atoms with van der Waals surface area (Å²) in [6.45, 7) is 9.46. The van der Waals surface area contributed by atoms with Crippen LogP contribution in [0.4, 0.5) is 17.1 Å². The van der Waals surface area contributed by atoms with Crippen LogP contribution < -0.4 is 4.90 Å². The van der Waals surface area contributed by atoms with Crippen LogP contribution in [0.25, 0.3) is 82.8 Å². The van der Waals surface area contributed by atoms with Gasteiger partial charge >= 0.3 is 0 Å². The van der Waals surface area contributed by atoms with Crippen molar-refractivity contribution in [3.8, 4) is 39.1 Å². The van der Waals surface area contributed by atoms with Gasteiger partial charge < -0.3 is 13.9 Å². The van der Waals surface area contributed by atoms with Gasteiger partial charge in [-0.1, -0.05) is 149 Å². The van der Waals surface area contributed by atoms with E-state index in [-0.39, 0.29) is 10.8 Å². The molecule has 0 saturated heterocycles. The maximum absolute atomic E-state index is 6.83. The highest BCUT2D eigenvalue weighted by Gasteiger charge is 2.37. The van der Waals surface area contributed by atoms with E-state index in [0.717, 1.165) is 55.7 Å². The monoisotopic (exact) mass is 808 g/mol. The lowest BCUT2D eigenvalue weighted by Crippen LogP contribution is -2.16. The number of hydrogen-bond donors (Lipinski definition) is 0. The van der Waals surface area contributed by atoms with Crippen molar-refractivity contribution in [2.24, 2.45) is 0 Å². The molecule has 13 rings (SSSR count). The summed E-state index contributed by atoms with van der Waals surface area (Å²) in [4.78, 5) is 2.44. The zero-order valence-electron chi connectivity index (χ0n) is 35.8. The summed E-state index contributed by atoms with van der Waals surface area (Å²) in [6.07, 6.45) is 0. The molecule has 0 amide bonds. The average molecular weight is 809 g/mol. The second-order valence-electron chi connectivity index (χ2n) is 18.5. The Bertz CT molecular complexity index is 3680. The van der Waals surface area contributed by atoms with Gasteiger partial charge in [0, 0.05) is 66.8 Å². The van der Waals surface area contributed by atoms with E-state index in [0.29, 0.717) is 0 Å². The number of para-hydroxylation sites is 3. The fourth-order valence-corrected chi connectivity index (χ4v) is 11.4. The van der Waals surface area contributed by atoms with Gasteiger partial charge in [0.15, 0.2) is 0 Å². The molecule has 0 N–H and O–H groups in total. The van der Waals surface area contributed by atoms with Gasteiger partial charge in [-0.3, -0.25) is 0 Å². The third-order valence-corrected chi connectivity index (χ3v) is 14.4. The molecule has 0 spiro atoms. The van der Waals surface area contributed by atoms with Crippen molar-refractivity contribution in [2.75, 3.05) is 4.90 Å². The minimum Gasteiger partial charge on any atom is -0.456 e. The smallest absolute Gasteiger partial charge is 0.138 e. The molecule has 3 heteroatoms. The van der Waals surface area contributed by atoms with E-state index < -0.39 is 0 Å². The Morgan fingerprint density at radius 2 is 0.968 bits per heavy atom.